The van der Waals surface area contributed by atoms with Gasteiger partial charge in [0.25, 0.3) is 5.91 Å². The third kappa shape index (κ3) is 4.93. The summed E-state index contributed by atoms with van der Waals surface area (Å²) in [5, 5.41) is 2.99. The van der Waals surface area contributed by atoms with Gasteiger partial charge < -0.3 is 14.5 Å². The Kier molecular flexibility index (Phi) is 6.85. The molecule has 2 fully saturated rings. The molecule has 0 bridgehead atoms. The molecular weight excluding hydrogens is 383 g/mol. The third-order valence-corrected chi connectivity index (χ3v) is 6.45. The standard InChI is InChI=1S/C24H31FN2O3/c25-21-8-4-3-7-20(21)24(11-15-29-16-12-24)18-26-23(28)22-10-9-19(30-22)17-27-13-5-1-2-6-14-27/h3-4,7-10H,1-2,5-6,11-18H2,(H,26,28). The number of hydrogen-bond acceptors (Lipinski definition) is 4. The van der Waals surface area contributed by atoms with E-state index in [1.807, 2.05) is 18.2 Å². The lowest BCUT2D eigenvalue weighted by Gasteiger charge is -2.38. The summed E-state index contributed by atoms with van der Waals surface area (Å²) in [6.45, 7) is 4.38. The van der Waals surface area contributed by atoms with Gasteiger partial charge in [-0.3, -0.25) is 9.69 Å². The van der Waals surface area contributed by atoms with Crippen LogP contribution in [0.1, 0.15) is 60.4 Å². The minimum absolute atomic E-state index is 0.230. The molecule has 2 aliphatic rings. The number of nitrogens with zero attached hydrogens (tertiary/aromatic N) is 1. The van der Waals surface area contributed by atoms with Gasteiger partial charge in [-0.1, -0.05) is 31.0 Å². The third-order valence-electron chi connectivity index (χ3n) is 6.45. The Balaban J connectivity index is 1.40. The van der Waals surface area contributed by atoms with Gasteiger partial charge in [-0.25, -0.2) is 4.39 Å². The number of ether oxygens (including phenoxy) is 1. The molecule has 0 atom stereocenters. The normalized spacial score (nSPS) is 19.9. The van der Waals surface area contributed by atoms with Crippen LogP contribution in [0, 0.1) is 5.82 Å². The summed E-state index contributed by atoms with van der Waals surface area (Å²) in [6, 6.07) is 10.5. The maximum Gasteiger partial charge on any atom is 0.287 e. The molecule has 6 heteroatoms. The number of benzene rings is 1. The number of carbonyl (C=O) groups is 1. The summed E-state index contributed by atoms with van der Waals surface area (Å²) in [7, 11) is 0. The predicted octanol–water partition coefficient (Wildman–Crippen LogP) is 4.27. The maximum atomic E-state index is 14.5. The van der Waals surface area contributed by atoms with Gasteiger partial charge in [0.15, 0.2) is 5.76 Å². The first-order chi connectivity index (χ1) is 14.7. The van der Waals surface area contributed by atoms with Gasteiger partial charge >= 0.3 is 0 Å². The van der Waals surface area contributed by atoms with Crippen molar-refractivity contribution in [1.82, 2.24) is 10.2 Å². The number of hydrogen-bond donors (Lipinski definition) is 1. The second-order valence-electron chi connectivity index (χ2n) is 8.51. The highest BCUT2D eigenvalue weighted by molar-refractivity contribution is 5.91. The molecule has 2 aliphatic heterocycles. The number of nitrogens with one attached hydrogen (secondary N) is 1. The van der Waals surface area contributed by atoms with Crippen molar-refractivity contribution in [3.8, 4) is 0 Å². The molecule has 162 valence electrons. The topological polar surface area (TPSA) is 54.7 Å². The first-order valence-electron chi connectivity index (χ1n) is 11.1. The average molecular weight is 415 g/mol. The van der Waals surface area contributed by atoms with Crippen molar-refractivity contribution in [1.29, 1.82) is 0 Å². The lowest BCUT2D eigenvalue weighted by atomic mass is 9.74. The van der Waals surface area contributed by atoms with Gasteiger partial charge in [0, 0.05) is 25.2 Å². The first-order valence-corrected chi connectivity index (χ1v) is 11.1. The lowest BCUT2D eigenvalue weighted by Crippen LogP contribution is -2.45. The molecule has 0 aliphatic carbocycles. The number of furan rings is 1. The van der Waals surface area contributed by atoms with E-state index >= 15 is 0 Å². The van der Waals surface area contributed by atoms with E-state index in [1.54, 1.807) is 12.1 Å². The number of rotatable bonds is 6. The highest BCUT2D eigenvalue weighted by Gasteiger charge is 2.37. The quantitative estimate of drug-likeness (QED) is 0.767. The monoisotopic (exact) mass is 414 g/mol. The van der Waals surface area contributed by atoms with E-state index in [4.69, 9.17) is 9.15 Å². The Morgan fingerprint density at radius 1 is 1.03 bits per heavy atom. The highest BCUT2D eigenvalue weighted by Crippen LogP contribution is 2.35. The fraction of sp³-hybridized carbons (Fsp3) is 0.542. The van der Waals surface area contributed by atoms with Gasteiger partial charge in [-0.15, -0.1) is 0 Å². The Labute approximate surface area is 177 Å². The molecule has 0 radical (unpaired) electrons. The van der Waals surface area contributed by atoms with Crippen molar-refractivity contribution < 1.29 is 18.3 Å². The Morgan fingerprint density at radius 3 is 2.50 bits per heavy atom. The van der Waals surface area contributed by atoms with Crippen LogP contribution in [0.3, 0.4) is 0 Å². The smallest absolute Gasteiger partial charge is 0.287 e. The molecule has 0 spiro atoms. The van der Waals surface area contributed by atoms with E-state index in [0.29, 0.717) is 43.9 Å². The van der Waals surface area contributed by atoms with Gasteiger partial charge in [0.05, 0.1) is 6.54 Å². The summed E-state index contributed by atoms with van der Waals surface area (Å²) in [6.07, 6.45) is 6.36. The molecule has 5 nitrogen and oxygen atoms in total. The maximum absolute atomic E-state index is 14.5. The van der Waals surface area contributed by atoms with Crippen molar-refractivity contribution in [2.24, 2.45) is 0 Å². The zero-order valence-corrected chi connectivity index (χ0v) is 17.5. The van der Waals surface area contributed by atoms with Crippen LogP contribution in [0.5, 0.6) is 0 Å². The molecule has 1 N–H and O–H groups in total. The van der Waals surface area contributed by atoms with Crippen LogP contribution >= 0.6 is 0 Å². The molecule has 1 aromatic carbocycles. The Morgan fingerprint density at radius 2 is 1.77 bits per heavy atom. The fourth-order valence-corrected chi connectivity index (χ4v) is 4.63. The zero-order chi connectivity index (χ0) is 20.8. The van der Waals surface area contributed by atoms with Crippen LogP contribution in [0.4, 0.5) is 4.39 Å². The van der Waals surface area contributed by atoms with E-state index in [2.05, 4.69) is 10.2 Å². The molecule has 4 rings (SSSR count). The molecule has 0 saturated carbocycles. The number of halogens is 1. The number of amides is 1. The molecule has 2 saturated heterocycles. The molecule has 2 aromatic rings. The van der Waals surface area contributed by atoms with Crippen molar-refractivity contribution in [2.45, 2.75) is 50.5 Å². The van der Waals surface area contributed by atoms with Gasteiger partial charge in [0.2, 0.25) is 0 Å². The summed E-state index contributed by atoms with van der Waals surface area (Å²) in [5.74, 6) is 0.651. The highest BCUT2D eigenvalue weighted by atomic mass is 19.1. The SMILES string of the molecule is O=C(NCC1(c2ccccc2F)CCOCC1)c1ccc(CN2CCCCCC2)o1. The van der Waals surface area contributed by atoms with Crippen LogP contribution in [0.15, 0.2) is 40.8 Å². The fourth-order valence-electron chi connectivity index (χ4n) is 4.63. The Hall–Kier alpha value is -2.18. The molecule has 0 unspecified atom stereocenters. The van der Waals surface area contributed by atoms with Gasteiger partial charge in [-0.05, 0) is 62.5 Å². The minimum Gasteiger partial charge on any atom is -0.455 e. The lowest BCUT2D eigenvalue weighted by molar-refractivity contribution is 0.0472. The van der Waals surface area contributed by atoms with E-state index in [0.717, 1.165) is 25.4 Å². The predicted molar refractivity (Wildman–Crippen MR) is 113 cm³/mol. The second-order valence-corrected chi connectivity index (χ2v) is 8.51. The average Bonchev–Trinajstić information content (AvgIpc) is 3.08. The van der Waals surface area contributed by atoms with Crippen LogP contribution < -0.4 is 5.32 Å². The van der Waals surface area contributed by atoms with Crippen LogP contribution in [-0.2, 0) is 16.7 Å². The number of likely N-dealkylation sites (tertiary alicyclic amines) is 1. The van der Waals surface area contributed by atoms with E-state index in [-0.39, 0.29) is 11.7 Å². The summed E-state index contributed by atoms with van der Waals surface area (Å²) in [5.41, 5.74) is 0.190. The van der Waals surface area contributed by atoms with Crippen molar-refractivity contribution in [2.75, 3.05) is 32.8 Å². The van der Waals surface area contributed by atoms with Crippen molar-refractivity contribution in [3.05, 3.63) is 59.3 Å². The Bertz CT molecular complexity index is 836. The van der Waals surface area contributed by atoms with E-state index in [1.165, 1.54) is 31.7 Å². The van der Waals surface area contributed by atoms with Crippen molar-refractivity contribution in [3.63, 3.8) is 0 Å². The first kappa shape index (κ1) is 21.1. The van der Waals surface area contributed by atoms with Gasteiger partial charge in [-0.2, -0.15) is 0 Å². The summed E-state index contributed by atoms with van der Waals surface area (Å²) < 4.78 is 25.9. The zero-order valence-electron chi connectivity index (χ0n) is 17.5. The van der Waals surface area contributed by atoms with Crippen molar-refractivity contribution >= 4 is 5.91 Å². The minimum atomic E-state index is -0.458. The summed E-state index contributed by atoms with van der Waals surface area (Å²) in [4.78, 5) is 15.2. The number of carbonyl (C=O) groups excluding carboxylic acids is 1. The second kappa shape index (κ2) is 9.75. The largest absolute Gasteiger partial charge is 0.455 e. The molecular formula is C24H31FN2O3. The molecule has 3 heterocycles. The van der Waals surface area contributed by atoms with E-state index in [9.17, 15) is 9.18 Å². The summed E-state index contributed by atoms with van der Waals surface area (Å²) >= 11 is 0. The molecule has 1 amide bonds. The van der Waals surface area contributed by atoms with Gasteiger partial charge in [0.1, 0.15) is 11.6 Å². The molecule has 1 aromatic heterocycles. The van der Waals surface area contributed by atoms with Crippen LogP contribution in [-0.4, -0.2) is 43.7 Å². The van der Waals surface area contributed by atoms with Crippen LogP contribution in [0.2, 0.25) is 0 Å². The van der Waals surface area contributed by atoms with E-state index < -0.39 is 5.41 Å². The van der Waals surface area contributed by atoms with Crippen LogP contribution in [0.25, 0.3) is 0 Å². The molecule has 30 heavy (non-hydrogen) atoms.